The number of carbonyl (C=O) groups is 3. The first-order valence-electron chi connectivity index (χ1n) is 12.8. The van der Waals surface area contributed by atoms with Gasteiger partial charge in [0.15, 0.2) is 0 Å². The highest BCUT2D eigenvalue weighted by molar-refractivity contribution is 5.88. The van der Waals surface area contributed by atoms with Gasteiger partial charge in [-0.25, -0.2) is 4.39 Å². The number of hydrogen-bond donors (Lipinski definition) is 0. The van der Waals surface area contributed by atoms with Crippen molar-refractivity contribution >= 4 is 17.8 Å². The van der Waals surface area contributed by atoms with Crippen molar-refractivity contribution in [1.82, 2.24) is 9.80 Å². The summed E-state index contributed by atoms with van der Waals surface area (Å²) < 4.78 is 24.2. The van der Waals surface area contributed by atoms with E-state index in [9.17, 15) is 18.8 Å². The maximum absolute atomic E-state index is 13.5. The zero-order valence-electron chi connectivity index (χ0n) is 20.8. The van der Waals surface area contributed by atoms with Crippen LogP contribution in [-0.2, 0) is 30.3 Å². The van der Waals surface area contributed by atoms with Gasteiger partial charge in [-0.3, -0.25) is 14.4 Å². The topological polar surface area (TPSA) is 76.2 Å². The van der Waals surface area contributed by atoms with Crippen LogP contribution in [0, 0.1) is 17.7 Å². The Morgan fingerprint density at radius 2 is 1.83 bits per heavy atom. The van der Waals surface area contributed by atoms with E-state index in [0.717, 1.165) is 50.5 Å². The van der Waals surface area contributed by atoms with Crippen LogP contribution in [0.1, 0.15) is 56.9 Å². The molecule has 7 nitrogen and oxygen atoms in total. The maximum atomic E-state index is 13.5. The highest BCUT2D eigenvalue weighted by atomic mass is 19.1. The van der Waals surface area contributed by atoms with Crippen molar-refractivity contribution in [2.45, 2.75) is 69.4 Å². The van der Waals surface area contributed by atoms with Crippen molar-refractivity contribution in [1.29, 1.82) is 0 Å². The summed E-state index contributed by atoms with van der Waals surface area (Å²) in [6, 6.07) is 6.32. The number of esters is 1. The number of carbonyl (C=O) groups excluding carboxylic acids is 3. The average Bonchev–Trinajstić information content (AvgIpc) is 3.18. The second-order valence-corrected chi connectivity index (χ2v) is 10.4. The van der Waals surface area contributed by atoms with Gasteiger partial charge in [-0.1, -0.05) is 18.6 Å². The van der Waals surface area contributed by atoms with Crippen LogP contribution < -0.4 is 0 Å². The third-order valence-corrected chi connectivity index (χ3v) is 8.23. The normalized spacial score (nSPS) is 23.2. The van der Waals surface area contributed by atoms with Crippen LogP contribution in [0.2, 0.25) is 0 Å². The molecule has 192 valence electrons. The first-order valence-corrected chi connectivity index (χ1v) is 12.8. The van der Waals surface area contributed by atoms with Crippen molar-refractivity contribution in [3.63, 3.8) is 0 Å². The summed E-state index contributed by atoms with van der Waals surface area (Å²) in [5, 5.41) is 0. The van der Waals surface area contributed by atoms with Gasteiger partial charge < -0.3 is 19.3 Å². The molecule has 2 aliphatic heterocycles. The van der Waals surface area contributed by atoms with Crippen LogP contribution in [0.4, 0.5) is 4.39 Å². The number of piperidine rings is 1. The molecule has 0 bridgehead atoms. The van der Waals surface area contributed by atoms with Crippen LogP contribution in [0.15, 0.2) is 24.3 Å². The number of benzene rings is 1. The minimum atomic E-state index is -0.610. The molecule has 1 aromatic carbocycles. The largest absolute Gasteiger partial charge is 0.458 e. The molecule has 3 fully saturated rings. The van der Waals surface area contributed by atoms with E-state index in [-0.39, 0.29) is 54.5 Å². The summed E-state index contributed by atoms with van der Waals surface area (Å²) in [5.74, 6) is -0.786. The summed E-state index contributed by atoms with van der Waals surface area (Å²) in [6.45, 7) is 1.19. The second-order valence-electron chi connectivity index (χ2n) is 10.4. The summed E-state index contributed by atoms with van der Waals surface area (Å²) in [4.78, 5) is 42.0. The molecular weight excluding hydrogens is 451 g/mol. The Balaban J connectivity index is 1.43. The Morgan fingerprint density at radius 1 is 1.17 bits per heavy atom. The second kappa shape index (κ2) is 11.1. The fourth-order valence-electron chi connectivity index (χ4n) is 6.22. The minimum absolute atomic E-state index is 0.00550. The molecule has 35 heavy (non-hydrogen) atoms. The highest BCUT2D eigenvalue weighted by Crippen LogP contribution is 2.45. The number of likely N-dealkylation sites (tertiary alicyclic amines) is 1. The zero-order valence-corrected chi connectivity index (χ0v) is 20.8. The molecule has 2 saturated heterocycles. The molecule has 0 aromatic heterocycles. The van der Waals surface area contributed by atoms with Crippen molar-refractivity contribution in [2.24, 2.45) is 11.8 Å². The van der Waals surface area contributed by atoms with Gasteiger partial charge in [0.05, 0.1) is 12.3 Å². The third kappa shape index (κ3) is 5.68. The lowest BCUT2D eigenvalue weighted by atomic mass is 9.75. The molecule has 0 unspecified atom stereocenters. The summed E-state index contributed by atoms with van der Waals surface area (Å²) in [6.07, 6.45) is 6.97. The lowest BCUT2D eigenvalue weighted by Crippen LogP contribution is -2.52. The van der Waals surface area contributed by atoms with Crippen LogP contribution in [0.5, 0.6) is 0 Å². The molecule has 8 heteroatoms. The van der Waals surface area contributed by atoms with E-state index in [1.165, 1.54) is 19.2 Å². The fourth-order valence-corrected chi connectivity index (χ4v) is 6.22. The zero-order chi connectivity index (χ0) is 25.0. The van der Waals surface area contributed by atoms with Gasteiger partial charge in [0, 0.05) is 33.3 Å². The molecular formula is C27H37FN2O5. The molecule has 4 rings (SSSR count). The lowest BCUT2D eigenvalue weighted by Gasteiger charge is -2.42. The number of likely N-dealkylation sites (N-methyl/N-ethyl adjacent to an activating group) is 1. The van der Waals surface area contributed by atoms with E-state index in [1.807, 2.05) is 4.90 Å². The van der Waals surface area contributed by atoms with Crippen LogP contribution in [0.25, 0.3) is 0 Å². The van der Waals surface area contributed by atoms with Crippen LogP contribution in [-0.4, -0.2) is 73.1 Å². The first kappa shape index (κ1) is 25.6. The van der Waals surface area contributed by atoms with Gasteiger partial charge in [-0.15, -0.1) is 0 Å². The lowest BCUT2D eigenvalue weighted by molar-refractivity contribution is -0.156. The summed E-state index contributed by atoms with van der Waals surface area (Å²) >= 11 is 0. The third-order valence-electron chi connectivity index (χ3n) is 8.23. The Labute approximate surface area is 206 Å². The number of amides is 2. The smallest absolute Gasteiger partial charge is 0.307 e. The van der Waals surface area contributed by atoms with Crippen LogP contribution >= 0.6 is 0 Å². The first-order chi connectivity index (χ1) is 16.8. The quantitative estimate of drug-likeness (QED) is 0.551. The Hall–Kier alpha value is -2.48. The number of ether oxygens (including phenoxy) is 2. The number of methoxy groups -OCH3 is 1. The predicted octanol–water partition coefficient (Wildman–Crippen LogP) is 3.35. The molecule has 3 aliphatic rings. The van der Waals surface area contributed by atoms with E-state index >= 15 is 0 Å². The summed E-state index contributed by atoms with van der Waals surface area (Å²) in [7, 11) is 3.29. The molecule has 1 aromatic rings. The Kier molecular flexibility index (Phi) is 8.09. The standard InChI is InChI=1S/C27H37FN2O5/c1-29(24(31)18-34-2)23(16-19-6-8-21(28)9-7-19)20-10-14-30(15-11-20)26(33)22-17-25(32)35-27(22)12-4-3-5-13-27/h6-9,20,22-23H,3-5,10-18H2,1-2H3/t22-,23+/m0/s1. The van der Waals surface area contributed by atoms with Gasteiger partial charge in [0.2, 0.25) is 11.8 Å². The Morgan fingerprint density at radius 3 is 2.46 bits per heavy atom. The average molecular weight is 489 g/mol. The van der Waals surface area contributed by atoms with Gasteiger partial charge >= 0.3 is 5.97 Å². The minimum Gasteiger partial charge on any atom is -0.458 e. The predicted molar refractivity (Wildman–Crippen MR) is 128 cm³/mol. The van der Waals surface area contributed by atoms with E-state index in [4.69, 9.17) is 9.47 Å². The van der Waals surface area contributed by atoms with Gasteiger partial charge in [-0.2, -0.15) is 0 Å². The van der Waals surface area contributed by atoms with Crippen molar-refractivity contribution in [2.75, 3.05) is 33.9 Å². The van der Waals surface area contributed by atoms with Crippen molar-refractivity contribution in [3.05, 3.63) is 35.6 Å². The Bertz CT molecular complexity index is 907. The molecule has 0 radical (unpaired) electrons. The van der Waals surface area contributed by atoms with Gasteiger partial charge in [0.25, 0.3) is 0 Å². The fraction of sp³-hybridized carbons (Fsp3) is 0.667. The van der Waals surface area contributed by atoms with E-state index in [2.05, 4.69) is 0 Å². The molecule has 1 aliphatic carbocycles. The van der Waals surface area contributed by atoms with Crippen molar-refractivity contribution < 1.29 is 28.2 Å². The van der Waals surface area contributed by atoms with E-state index in [1.54, 1.807) is 24.1 Å². The molecule has 2 atom stereocenters. The summed E-state index contributed by atoms with van der Waals surface area (Å²) in [5.41, 5.74) is 0.356. The highest BCUT2D eigenvalue weighted by Gasteiger charge is 2.54. The van der Waals surface area contributed by atoms with Gasteiger partial charge in [-0.05, 0) is 68.6 Å². The molecule has 2 heterocycles. The number of nitrogens with zero attached hydrogens (tertiary/aromatic N) is 2. The van der Waals surface area contributed by atoms with Gasteiger partial charge in [0.1, 0.15) is 18.0 Å². The number of hydrogen-bond acceptors (Lipinski definition) is 5. The molecule has 1 spiro atoms. The number of halogens is 1. The molecule has 2 amide bonds. The molecule has 1 saturated carbocycles. The molecule has 0 N–H and O–H groups in total. The van der Waals surface area contributed by atoms with Crippen molar-refractivity contribution in [3.8, 4) is 0 Å². The van der Waals surface area contributed by atoms with Crippen LogP contribution in [0.3, 0.4) is 0 Å². The SMILES string of the molecule is COCC(=O)N(C)[C@H](Cc1ccc(F)cc1)C1CCN(C(=O)[C@@H]2CC(=O)OC23CCCCC3)CC1. The number of rotatable bonds is 7. The van der Waals surface area contributed by atoms with E-state index < -0.39 is 5.60 Å². The maximum Gasteiger partial charge on any atom is 0.307 e. The monoisotopic (exact) mass is 488 g/mol. The van der Waals surface area contributed by atoms with E-state index in [0.29, 0.717) is 19.5 Å².